The molecule has 4 unspecified atom stereocenters. The van der Waals surface area contributed by atoms with Crippen molar-refractivity contribution in [3.05, 3.63) is 0 Å². The number of hydrogen-bond acceptors (Lipinski definition) is 2. The number of hydrogen-bond donors (Lipinski definition) is 2. The van der Waals surface area contributed by atoms with Gasteiger partial charge in [0.2, 0.25) is 0 Å². The lowest BCUT2D eigenvalue weighted by Gasteiger charge is -2.30. The predicted octanol–water partition coefficient (Wildman–Crippen LogP) is 2.44. The van der Waals surface area contributed by atoms with Crippen LogP contribution in [0.1, 0.15) is 47.5 Å². The standard InChI is InChI=1S/C12H26O2/c1-6-7-9(4)12(14)10(5)11(13)8(2)3/h8-14H,6-7H2,1-5H3. The van der Waals surface area contributed by atoms with Gasteiger partial charge in [-0.2, -0.15) is 0 Å². The van der Waals surface area contributed by atoms with E-state index in [0.717, 1.165) is 12.8 Å². The Morgan fingerprint density at radius 2 is 1.43 bits per heavy atom. The molecule has 0 fully saturated rings. The summed E-state index contributed by atoms with van der Waals surface area (Å²) in [6, 6.07) is 0. The van der Waals surface area contributed by atoms with Crippen LogP contribution in [0.15, 0.2) is 0 Å². The van der Waals surface area contributed by atoms with Crippen LogP contribution in [-0.2, 0) is 0 Å². The highest BCUT2D eigenvalue weighted by molar-refractivity contribution is 4.77. The minimum atomic E-state index is -0.399. The van der Waals surface area contributed by atoms with Gasteiger partial charge in [0, 0.05) is 5.92 Å². The van der Waals surface area contributed by atoms with Gasteiger partial charge in [-0.3, -0.25) is 0 Å². The predicted molar refractivity (Wildman–Crippen MR) is 60.1 cm³/mol. The van der Waals surface area contributed by atoms with Crippen LogP contribution in [0.4, 0.5) is 0 Å². The second-order valence-corrected chi connectivity index (χ2v) is 4.85. The Kier molecular flexibility index (Phi) is 6.38. The van der Waals surface area contributed by atoms with E-state index in [1.807, 2.05) is 20.8 Å². The van der Waals surface area contributed by atoms with Crippen molar-refractivity contribution in [2.75, 3.05) is 0 Å². The van der Waals surface area contributed by atoms with Crippen molar-refractivity contribution in [1.82, 2.24) is 0 Å². The fourth-order valence-electron chi connectivity index (χ4n) is 1.95. The first-order chi connectivity index (χ1) is 6.41. The maximum absolute atomic E-state index is 9.98. The summed E-state index contributed by atoms with van der Waals surface area (Å²) in [5.41, 5.74) is 0. The largest absolute Gasteiger partial charge is 0.392 e. The molecule has 14 heavy (non-hydrogen) atoms. The molecule has 0 aliphatic heterocycles. The number of rotatable bonds is 6. The lowest BCUT2D eigenvalue weighted by Crippen LogP contribution is -2.36. The summed E-state index contributed by atoms with van der Waals surface area (Å²) in [7, 11) is 0. The fraction of sp³-hybridized carbons (Fsp3) is 1.00. The van der Waals surface area contributed by atoms with Crippen LogP contribution in [0.25, 0.3) is 0 Å². The Morgan fingerprint density at radius 1 is 0.929 bits per heavy atom. The van der Waals surface area contributed by atoms with Gasteiger partial charge >= 0.3 is 0 Å². The number of aliphatic hydroxyl groups is 2. The van der Waals surface area contributed by atoms with Crippen molar-refractivity contribution in [3.8, 4) is 0 Å². The molecule has 86 valence electrons. The van der Waals surface area contributed by atoms with Crippen LogP contribution in [0.2, 0.25) is 0 Å². The molecule has 0 bridgehead atoms. The van der Waals surface area contributed by atoms with Crippen molar-refractivity contribution >= 4 is 0 Å². The van der Waals surface area contributed by atoms with Crippen LogP contribution in [0.3, 0.4) is 0 Å². The smallest absolute Gasteiger partial charge is 0.0616 e. The van der Waals surface area contributed by atoms with Crippen molar-refractivity contribution in [1.29, 1.82) is 0 Å². The third kappa shape index (κ3) is 3.97. The monoisotopic (exact) mass is 202 g/mol. The molecule has 0 rings (SSSR count). The summed E-state index contributed by atoms with van der Waals surface area (Å²) in [5, 5.41) is 19.8. The molecule has 0 spiro atoms. The zero-order valence-corrected chi connectivity index (χ0v) is 10.2. The van der Waals surface area contributed by atoms with Gasteiger partial charge in [0.1, 0.15) is 0 Å². The second kappa shape index (κ2) is 6.41. The summed E-state index contributed by atoms with van der Waals surface area (Å²) in [6.45, 7) is 10.1. The molecule has 0 radical (unpaired) electrons. The Labute approximate surface area is 88.3 Å². The third-order valence-electron chi connectivity index (χ3n) is 3.09. The molecule has 2 N–H and O–H groups in total. The highest BCUT2D eigenvalue weighted by atomic mass is 16.3. The Morgan fingerprint density at radius 3 is 1.79 bits per heavy atom. The van der Waals surface area contributed by atoms with E-state index in [9.17, 15) is 10.2 Å². The SMILES string of the molecule is CCCC(C)C(O)C(C)C(O)C(C)C. The normalized spacial score (nSPS) is 20.6. The molecule has 0 amide bonds. The average Bonchev–Trinajstić information content (AvgIpc) is 2.14. The van der Waals surface area contributed by atoms with E-state index in [4.69, 9.17) is 0 Å². The van der Waals surface area contributed by atoms with Gasteiger partial charge in [-0.05, 0) is 18.3 Å². The van der Waals surface area contributed by atoms with Gasteiger partial charge in [0.25, 0.3) is 0 Å². The summed E-state index contributed by atoms with van der Waals surface area (Å²) in [6.07, 6.45) is 1.33. The van der Waals surface area contributed by atoms with E-state index < -0.39 is 6.10 Å². The lowest BCUT2D eigenvalue weighted by atomic mass is 9.83. The maximum atomic E-state index is 9.98. The molecule has 0 aromatic rings. The van der Waals surface area contributed by atoms with Gasteiger partial charge in [0.05, 0.1) is 12.2 Å². The van der Waals surface area contributed by atoms with Crippen molar-refractivity contribution in [2.24, 2.45) is 17.8 Å². The van der Waals surface area contributed by atoms with Crippen molar-refractivity contribution in [2.45, 2.75) is 59.7 Å². The van der Waals surface area contributed by atoms with Crippen LogP contribution < -0.4 is 0 Å². The molecule has 2 nitrogen and oxygen atoms in total. The summed E-state index contributed by atoms with van der Waals surface area (Å²) in [5.74, 6) is 0.466. The van der Waals surface area contributed by atoms with Crippen LogP contribution >= 0.6 is 0 Å². The van der Waals surface area contributed by atoms with E-state index in [-0.39, 0.29) is 23.9 Å². The average molecular weight is 202 g/mol. The lowest BCUT2D eigenvalue weighted by molar-refractivity contribution is -0.0265. The second-order valence-electron chi connectivity index (χ2n) is 4.85. The van der Waals surface area contributed by atoms with Gasteiger partial charge in [-0.1, -0.05) is 41.0 Å². The van der Waals surface area contributed by atoms with Gasteiger partial charge in [-0.25, -0.2) is 0 Å². The summed E-state index contributed by atoms with van der Waals surface area (Å²) in [4.78, 5) is 0. The summed E-state index contributed by atoms with van der Waals surface area (Å²) < 4.78 is 0. The topological polar surface area (TPSA) is 40.5 Å². The molecule has 0 aliphatic rings. The zero-order chi connectivity index (χ0) is 11.3. The molecule has 0 saturated heterocycles. The molecule has 0 aromatic heterocycles. The van der Waals surface area contributed by atoms with Crippen LogP contribution in [0.5, 0.6) is 0 Å². The van der Waals surface area contributed by atoms with E-state index >= 15 is 0 Å². The van der Waals surface area contributed by atoms with Gasteiger partial charge < -0.3 is 10.2 Å². The Bertz CT molecular complexity index is 145. The van der Waals surface area contributed by atoms with Crippen LogP contribution in [-0.4, -0.2) is 22.4 Å². The van der Waals surface area contributed by atoms with Crippen molar-refractivity contribution < 1.29 is 10.2 Å². The van der Waals surface area contributed by atoms with E-state index in [1.165, 1.54) is 0 Å². The fourth-order valence-corrected chi connectivity index (χ4v) is 1.95. The third-order valence-corrected chi connectivity index (χ3v) is 3.09. The van der Waals surface area contributed by atoms with Crippen LogP contribution in [0, 0.1) is 17.8 Å². The quantitative estimate of drug-likeness (QED) is 0.694. The molecular weight excluding hydrogens is 176 g/mol. The molecule has 4 atom stereocenters. The summed E-state index contributed by atoms with van der Waals surface area (Å²) >= 11 is 0. The highest BCUT2D eigenvalue weighted by Gasteiger charge is 2.27. The Balaban J connectivity index is 4.15. The first-order valence-corrected chi connectivity index (χ1v) is 5.77. The molecule has 0 aliphatic carbocycles. The van der Waals surface area contributed by atoms with E-state index in [2.05, 4.69) is 13.8 Å². The first kappa shape index (κ1) is 13.9. The molecule has 0 heterocycles. The minimum absolute atomic E-state index is 0.0310. The first-order valence-electron chi connectivity index (χ1n) is 5.77. The molecule has 0 aromatic carbocycles. The number of aliphatic hydroxyl groups excluding tert-OH is 2. The highest BCUT2D eigenvalue weighted by Crippen LogP contribution is 2.23. The maximum Gasteiger partial charge on any atom is 0.0616 e. The van der Waals surface area contributed by atoms with E-state index in [0.29, 0.717) is 0 Å². The molecule has 2 heteroatoms. The minimum Gasteiger partial charge on any atom is -0.392 e. The molecule has 0 saturated carbocycles. The van der Waals surface area contributed by atoms with Crippen molar-refractivity contribution in [3.63, 3.8) is 0 Å². The van der Waals surface area contributed by atoms with Gasteiger partial charge in [0.15, 0.2) is 0 Å². The van der Waals surface area contributed by atoms with E-state index in [1.54, 1.807) is 0 Å². The van der Waals surface area contributed by atoms with Gasteiger partial charge in [-0.15, -0.1) is 0 Å². The Hall–Kier alpha value is -0.0800. The molecular formula is C12H26O2. The zero-order valence-electron chi connectivity index (χ0n) is 10.2.